The SMILES string of the molecule is Cc1ccccc1CN(C)C(=O)CCn1c(C)csc1=O. The van der Waals surface area contributed by atoms with E-state index in [9.17, 15) is 9.59 Å². The summed E-state index contributed by atoms with van der Waals surface area (Å²) >= 11 is 1.18. The molecule has 0 aliphatic heterocycles. The first-order valence-corrected chi connectivity index (χ1v) is 7.80. The van der Waals surface area contributed by atoms with Gasteiger partial charge in [-0.1, -0.05) is 35.6 Å². The minimum atomic E-state index is 0.00172. The molecule has 0 saturated heterocycles. The predicted octanol–water partition coefficient (Wildman–Crippen LogP) is 2.58. The number of aromatic nitrogens is 1. The van der Waals surface area contributed by atoms with Gasteiger partial charge in [-0.2, -0.15) is 0 Å². The first-order chi connectivity index (χ1) is 9.99. The van der Waals surface area contributed by atoms with Gasteiger partial charge in [-0.3, -0.25) is 9.59 Å². The summed E-state index contributed by atoms with van der Waals surface area (Å²) in [7, 11) is 1.80. The summed E-state index contributed by atoms with van der Waals surface area (Å²) < 4.78 is 1.66. The lowest BCUT2D eigenvalue weighted by Crippen LogP contribution is -2.28. The average molecular weight is 304 g/mol. The van der Waals surface area contributed by atoms with E-state index in [2.05, 4.69) is 0 Å². The van der Waals surface area contributed by atoms with Gasteiger partial charge in [-0.25, -0.2) is 0 Å². The molecule has 0 N–H and O–H groups in total. The maximum Gasteiger partial charge on any atom is 0.307 e. The lowest BCUT2D eigenvalue weighted by molar-refractivity contribution is -0.130. The molecule has 1 aromatic carbocycles. The van der Waals surface area contributed by atoms with Crippen LogP contribution in [0.25, 0.3) is 0 Å². The highest BCUT2D eigenvalue weighted by molar-refractivity contribution is 7.07. The van der Waals surface area contributed by atoms with Crippen molar-refractivity contribution in [1.29, 1.82) is 0 Å². The van der Waals surface area contributed by atoms with Crippen molar-refractivity contribution in [2.75, 3.05) is 7.05 Å². The van der Waals surface area contributed by atoms with Crippen LogP contribution >= 0.6 is 11.3 Å². The number of nitrogens with zero attached hydrogens (tertiary/aromatic N) is 2. The van der Waals surface area contributed by atoms with Crippen LogP contribution in [0.1, 0.15) is 23.2 Å². The zero-order valence-electron chi connectivity index (χ0n) is 12.6. The van der Waals surface area contributed by atoms with E-state index in [-0.39, 0.29) is 10.8 Å². The molecule has 0 unspecified atom stereocenters. The lowest BCUT2D eigenvalue weighted by Gasteiger charge is -2.18. The standard InChI is InChI=1S/C16H20N2O2S/c1-12-6-4-5-7-14(12)10-17(3)15(19)8-9-18-13(2)11-21-16(18)20/h4-7,11H,8-10H2,1-3H3. The van der Waals surface area contributed by atoms with E-state index in [1.807, 2.05) is 43.5 Å². The van der Waals surface area contributed by atoms with Gasteiger partial charge in [0.25, 0.3) is 0 Å². The fraction of sp³-hybridized carbons (Fsp3) is 0.375. The third-order valence-corrected chi connectivity index (χ3v) is 4.50. The van der Waals surface area contributed by atoms with Gasteiger partial charge in [0.1, 0.15) is 0 Å². The second kappa shape index (κ2) is 6.72. The largest absolute Gasteiger partial charge is 0.341 e. The van der Waals surface area contributed by atoms with Crippen molar-refractivity contribution in [1.82, 2.24) is 9.47 Å². The van der Waals surface area contributed by atoms with E-state index >= 15 is 0 Å². The van der Waals surface area contributed by atoms with Gasteiger partial charge in [-0.15, -0.1) is 0 Å². The van der Waals surface area contributed by atoms with Crippen LogP contribution < -0.4 is 4.87 Å². The molecule has 0 fully saturated rings. The van der Waals surface area contributed by atoms with Crippen molar-refractivity contribution in [2.24, 2.45) is 0 Å². The fourth-order valence-corrected chi connectivity index (χ4v) is 2.97. The molecule has 2 rings (SSSR count). The second-order valence-electron chi connectivity index (χ2n) is 5.22. The molecule has 1 heterocycles. The van der Waals surface area contributed by atoms with Crippen LogP contribution in [-0.4, -0.2) is 22.4 Å². The maximum atomic E-state index is 12.2. The molecule has 0 atom stereocenters. The smallest absolute Gasteiger partial charge is 0.307 e. The first kappa shape index (κ1) is 15.5. The normalized spacial score (nSPS) is 10.6. The van der Waals surface area contributed by atoms with Crippen molar-refractivity contribution >= 4 is 17.2 Å². The summed E-state index contributed by atoms with van der Waals surface area (Å²) in [5, 5.41) is 1.82. The molecule has 0 saturated carbocycles. The van der Waals surface area contributed by atoms with Crippen molar-refractivity contribution < 1.29 is 4.79 Å². The summed E-state index contributed by atoms with van der Waals surface area (Å²) in [6.07, 6.45) is 0.347. The Bertz CT molecular complexity index is 688. The number of hydrogen-bond acceptors (Lipinski definition) is 3. The molecule has 0 radical (unpaired) electrons. The number of carbonyl (C=O) groups excluding carboxylic acids is 1. The highest BCUT2D eigenvalue weighted by Crippen LogP contribution is 2.10. The zero-order valence-corrected chi connectivity index (χ0v) is 13.4. The molecular formula is C16H20N2O2S. The van der Waals surface area contributed by atoms with Crippen LogP contribution in [0.5, 0.6) is 0 Å². The predicted molar refractivity (Wildman–Crippen MR) is 85.6 cm³/mol. The third-order valence-electron chi connectivity index (χ3n) is 3.62. The molecule has 0 aliphatic carbocycles. The highest BCUT2D eigenvalue weighted by Gasteiger charge is 2.12. The fourth-order valence-electron chi connectivity index (χ4n) is 2.20. The molecule has 1 amide bonds. The van der Waals surface area contributed by atoms with Crippen LogP contribution in [-0.2, 0) is 17.9 Å². The molecule has 1 aromatic heterocycles. The number of carbonyl (C=O) groups is 1. The average Bonchev–Trinajstić information content (AvgIpc) is 2.78. The Morgan fingerprint density at radius 2 is 2.00 bits per heavy atom. The number of thiazole rings is 1. The molecular weight excluding hydrogens is 284 g/mol. The van der Waals surface area contributed by atoms with E-state index in [4.69, 9.17) is 0 Å². The van der Waals surface area contributed by atoms with Crippen LogP contribution in [0.15, 0.2) is 34.4 Å². The molecule has 0 bridgehead atoms. The van der Waals surface area contributed by atoms with Gasteiger partial charge in [-0.05, 0) is 25.0 Å². The molecule has 21 heavy (non-hydrogen) atoms. The van der Waals surface area contributed by atoms with Crippen LogP contribution in [0.2, 0.25) is 0 Å². The van der Waals surface area contributed by atoms with Crippen molar-refractivity contribution in [3.63, 3.8) is 0 Å². The van der Waals surface area contributed by atoms with E-state index in [1.54, 1.807) is 16.5 Å². The number of benzene rings is 1. The third kappa shape index (κ3) is 3.82. The maximum absolute atomic E-state index is 12.2. The number of rotatable bonds is 5. The topological polar surface area (TPSA) is 42.3 Å². The van der Waals surface area contributed by atoms with Crippen molar-refractivity contribution in [3.05, 3.63) is 56.1 Å². The Kier molecular flexibility index (Phi) is 4.96. The molecule has 0 spiro atoms. The molecule has 2 aromatic rings. The molecule has 4 nitrogen and oxygen atoms in total. The highest BCUT2D eigenvalue weighted by atomic mass is 32.1. The Morgan fingerprint density at radius 3 is 2.62 bits per heavy atom. The van der Waals surface area contributed by atoms with Gasteiger partial charge in [0.05, 0.1) is 0 Å². The second-order valence-corrected chi connectivity index (χ2v) is 6.04. The summed E-state index contributed by atoms with van der Waals surface area (Å²) in [6, 6.07) is 8.05. The van der Waals surface area contributed by atoms with Gasteiger partial charge in [0.2, 0.25) is 5.91 Å². The first-order valence-electron chi connectivity index (χ1n) is 6.92. The van der Waals surface area contributed by atoms with Crippen molar-refractivity contribution in [2.45, 2.75) is 33.4 Å². The monoisotopic (exact) mass is 304 g/mol. The molecule has 0 aliphatic rings. The van der Waals surface area contributed by atoms with Crippen LogP contribution in [0.4, 0.5) is 0 Å². The van der Waals surface area contributed by atoms with E-state index in [0.29, 0.717) is 19.5 Å². The van der Waals surface area contributed by atoms with Gasteiger partial charge < -0.3 is 9.47 Å². The van der Waals surface area contributed by atoms with Gasteiger partial charge in [0.15, 0.2) is 0 Å². The summed E-state index contributed by atoms with van der Waals surface area (Å²) in [5.41, 5.74) is 3.25. The van der Waals surface area contributed by atoms with Crippen LogP contribution in [0.3, 0.4) is 0 Å². The summed E-state index contributed by atoms with van der Waals surface area (Å²) in [6.45, 7) is 4.98. The Labute approximate surface area is 128 Å². The van der Waals surface area contributed by atoms with E-state index in [1.165, 1.54) is 16.9 Å². The lowest BCUT2D eigenvalue weighted by atomic mass is 10.1. The van der Waals surface area contributed by atoms with Crippen molar-refractivity contribution in [3.8, 4) is 0 Å². The quantitative estimate of drug-likeness (QED) is 0.852. The van der Waals surface area contributed by atoms with E-state index < -0.39 is 0 Å². The zero-order chi connectivity index (χ0) is 15.4. The van der Waals surface area contributed by atoms with Gasteiger partial charge >= 0.3 is 4.87 Å². The van der Waals surface area contributed by atoms with Crippen LogP contribution in [0, 0.1) is 13.8 Å². The number of amides is 1. The number of hydrogen-bond donors (Lipinski definition) is 0. The Morgan fingerprint density at radius 1 is 1.29 bits per heavy atom. The molecule has 112 valence electrons. The Balaban J connectivity index is 1.94. The minimum Gasteiger partial charge on any atom is -0.341 e. The summed E-state index contributed by atoms with van der Waals surface area (Å²) in [4.78, 5) is 25.5. The minimum absolute atomic E-state index is 0.00172. The van der Waals surface area contributed by atoms with Gasteiger partial charge in [0, 0.05) is 37.6 Å². The summed E-state index contributed by atoms with van der Waals surface area (Å²) in [5.74, 6) is 0.0516. The molecule has 5 heteroatoms. The number of aryl methyl sites for hydroxylation is 2. The van der Waals surface area contributed by atoms with E-state index in [0.717, 1.165) is 11.3 Å². The Hall–Kier alpha value is -1.88.